The van der Waals surface area contributed by atoms with Crippen LogP contribution < -0.4 is 4.90 Å². The van der Waals surface area contributed by atoms with E-state index in [0.29, 0.717) is 19.6 Å². The first-order chi connectivity index (χ1) is 10.3. The zero-order chi connectivity index (χ0) is 16.3. The molecule has 0 radical (unpaired) electrons. The van der Waals surface area contributed by atoms with Gasteiger partial charge >= 0.3 is 6.09 Å². The molecule has 120 valence electrons. The standard InChI is InChI=1S/C15H22N4O3/c1-11-10-18(14(20)22-15(2,3)4)7-8-19(11)12-5-6-13(17-21)16-9-12/h5-6,9,11H,7-8,10H2,1-4H3. The Kier molecular flexibility index (Phi) is 4.63. The molecule has 1 saturated heterocycles. The molecule has 0 bridgehead atoms. The van der Waals surface area contributed by atoms with Gasteiger partial charge in [0.05, 0.1) is 11.9 Å². The molecular weight excluding hydrogens is 284 g/mol. The Labute approximate surface area is 130 Å². The molecule has 0 aromatic carbocycles. The van der Waals surface area contributed by atoms with E-state index >= 15 is 0 Å². The molecule has 7 nitrogen and oxygen atoms in total. The molecule has 1 fully saturated rings. The molecule has 2 rings (SSSR count). The second kappa shape index (κ2) is 6.29. The predicted molar refractivity (Wildman–Crippen MR) is 84.3 cm³/mol. The van der Waals surface area contributed by atoms with Gasteiger partial charge in [-0.15, -0.1) is 4.91 Å². The predicted octanol–water partition coefficient (Wildman–Crippen LogP) is 2.93. The number of piperazine rings is 1. The minimum atomic E-state index is -0.487. The first kappa shape index (κ1) is 16.2. The summed E-state index contributed by atoms with van der Waals surface area (Å²) in [5.41, 5.74) is 0.433. The van der Waals surface area contributed by atoms with E-state index in [0.717, 1.165) is 5.69 Å². The third-order valence-electron chi connectivity index (χ3n) is 3.44. The summed E-state index contributed by atoms with van der Waals surface area (Å²) in [6.07, 6.45) is 1.36. The van der Waals surface area contributed by atoms with Gasteiger partial charge in [-0.05, 0) is 45.0 Å². The van der Waals surface area contributed by atoms with Crippen molar-refractivity contribution in [2.24, 2.45) is 5.18 Å². The Morgan fingerprint density at radius 1 is 1.36 bits per heavy atom. The van der Waals surface area contributed by atoms with E-state index in [1.807, 2.05) is 33.8 Å². The molecule has 0 N–H and O–H groups in total. The number of carbonyl (C=O) groups excluding carboxylic acids is 1. The van der Waals surface area contributed by atoms with Crippen LogP contribution in [-0.4, -0.2) is 47.3 Å². The second-order valence-electron chi connectivity index (χ2n) is 6.43. The second-order valence-corrected chi connectivity index (χ2v) is 6.43. The summed E-state index contributed by atoms with van der Waals surface area (Å²) in [6.45, 7) is 9.49. The molecule has 1 aromatic heterocycles. The topological polar surface area (TPSA) is 75.1 Å². The van der Waals surface area contributed by atoms with Crippen LogP contribution in [0.3, 0.4) is 0 Å². The van der Waals surface area contributed by atoms with Crippen LogP contribution in [0.1, 0.15) is 27.7 Å². The average Bonchev–Trinajstić information content (AvgIpc) is 2.45. The summed E-state index contributed by atoms with van der Waals surface area (Å²) in [5.74, 6) is 0.170. The van der Waals surface area contributed by atoms with Gasteiger partial charge in [0.15, 0.2) is 5.82 Å². The third kappa shape index (κ3) is 3.93. The Hall–Kier alpha value is -2.18. The van der Waals surface area contributed by atoms with Crippen molar-refractivity contribution >= 4 is 17.6 Å². The monoisotopic (exact) mass is 306 g/mol. The molecule has 1 aliphatic rings. The number of nitroso groups, excluding NO2 is 1. The van der Waals surface area contributed by atoms with Crippen LogP contribution in [0.4, 0.5) is 16.3 Å². The van der Waals surface area contributed by atoms with Gasteiger partial charge in [0.2, 0.25) is 0 Å². The van der Waals surface area contributed by atoms with Gasteiger partial charge in [0, 0.05) is 25.7 Å². The molecular formula is C15H22N4O3. The van der Waals surface area contributed by atoms with Crippen LogP contribution >= 0.6 is 0 Å². The highest BCUT2D eigenvalue weighted by atomic mass is 16.6. The van der Waals surface area contributed by atoms with E-state index in [-0.39, 0.29) is 18.0 Å². The van der Waals surface area contributed by atoms with E-state index in [4.69, 9.17) is 4.74 Å². The quantitative estimate of drug-likeness (QED) is 0.785. The highest BCUT2D eigenvalue weighted by Crippen LogP contribution is 2.22. The number of carbonyl (C=O) groups is 1. The van der Waals surface area contributed by atoms with E-state index in [1.165, 1.54) is 0 Å². The molecule has 0 spiro atoms. The minimum absolute atomic E-state index is 0.137. The van der Waals surface area contributed by atoms with Crippen LogP contribution in [0.2, 0.25) is 0 Å². The molecule has 1 atom stereocenters. The maximum Gasteiger partial charge on any atom is 0.410 e. The Balaban J connectivity index is 2.00. The molecule has 0 aliphatic carbocycles. The normalized spacial score (nSPS) is 19.0. The number of pyridine rings is 1. The van der Waals surface area contributed by atoms with Crippen molar-refractivity contribution in [3.63, 3.8) is 0 Å². The molecule has 1 amide bonds. The average molecular weight is 306 g/mol. The fourth-order valence-corrected chi connectivity index (χ4v) is 2.44. The highest BCUT2D eigenvalue weighted by Gasteiger charge is 2.29. The smallest absolute Gasteiger partial charge is 0.410 e. The lowest BCUT2D eigenvalue weighted by atomic mass is 10.1. The summed E-state index contributed by atoms with van der Waals surface area (Å²) in [5, 5.41) is 2.80. The maximum atomic E-state index is 12.1. The van der Waals surface area contributed by atoms with Gasteiger partial charge in [-0.3, -0.25) is 0 Å². The lowest BCUT2D eigenvalue weighted by molar-refractivity contribution is 0.0219. The number of ether oxygens (including phenoxy) is 1. The summed E-state index contributed by atoms with van der Waals surface area (Å²) < 4.78 is 5.41. The number of hydrogen-bond acceptors (Lipinski definition) is 6. The SMILES string of the molecule is CC1CN(C(=O)OC(C)(C)C)CCN1c1ccc(N=O)nc1. The zero-order valence-electron chi connectivity index (χ0n) is 13.4. The number of aromatic nitrogens is 1. The van der Waals surface area contributed by atoms with Crippen molar-refractivity contribution in [3.8, 4) is 0 Å². The number of anilines is 1. The van der Waals surface area contributed by atoms with Crippen molar-refractivity contribution in [1.82, 2.24) is 9.88 Å². The summed E-state index contributed by atoms with van der Waals surface area (Å²) in [6, 6.07) is 3.55. The van der Waals surface area contributed by atoms with Crippen molar-refractivity contribution in [2.75, 3.05) is 24.5 Å². The highest BCUT2D eigenvalue weighted by molar-refractivity contribution is 5.68. The van der Waals surface area contributed by atoms with Gasteiger partial charge in [-0.2, -0.15) is 0 Å². The fourth-order valence-electron chi connectivity index (χ4n) is 2.44. The van der Waals surface area contributed by atoms with Crippen molar-refractivity contribution < 1.29 is 9.53 Å². The molecule has 0 saturated carbocycles. The number of rotatable bonds is 2. The molecule has 7 heteroatoms. The van der Waals surface area contributed by atoms with Gasteiger partial charge in [0.1, 0.15) is 5.60 Å². The van der Waals surface area contributed by atoms with Crippen molar-refractivity contribution in [1.29, 1.82) is 0 Å². The van der Waals surface area contributed by atoms with Crippen molar-refractivity contribution in [2.45, 2.75) is 39.3 Å². The summed E-state index contributed by atoms with van der Waals surface area (Å²) in [4.78, 5) is 30.4. The molecule has 1 aliphatic heterocycles. The van der Waals surface area contributed by atoms with Gasteiger partial charge in [-0.25, -0.2) is 9.78 Å². The number of hydrogen-bond donors (Lipinski definition) is 0. The van der Waals surface area contributed by atoms with Crippen LogP contribution in [0, 0.1) is 4.91 Å². The van der Waals surface area contributed by atoms with Crippen LogP contribution in [-0.2, 0) is 4.74 Å². The molecule has 2 heterocycles. The van der Waals surface area contributed by atoms with Gasteiger partial charge in [0.25, 0.3) is 0 Å². The largest absolute Gasteiger partial charge is 0.444 e. The fraction of sp³-hybridized carbons (Fsp3) is 0.600. The Morgan fingerprint density at radius 3 is 2.59 bits per heavy atom. The lowest BCUT2D eigenvalue weighted by Crippen LogP contribution is -2.54. The number of amides is 1. The van der Waals surface area contributed by atoms with E-state index < -0.39 is 5.60 Å². The lowest BCUT2D eigenvalue weighted by Gasteiger charge is -2.41. The Morgan fingerprint density at radius 2 is 2.09 bits per heavy atom. The Bertz CT molecular complexity index is 539. The van der Waals surface area contributed by atoms with E-state index in [1.54, 1.807) is 17.2 Å². The molecule has 1 unspecified atom stereocenters. The minimum Gasteiger partial charge on any atom is -0.444 e. The zero-order valence-corrected chi connectivity index (χ0v) is 13.4. The first-order valence-corrected chi connectivity index (χ1v) is 7.34. The van der Waals surface area contributed by atoms with Gasteiger partial charge in [-0.1, -0.05) is 0 Å². The van der Waals surface area contributed by atoms with Crippen molar-refractivity contribution in [3.05, 3.63) is 23.2 Å². The molecule has 22 heavy (non-hydrogen) atoms. The summed E-state index contributed by atoms with van der Waals surface area (Å²) >= 11 is 0. The van der Waals surface area contributed by atoms with Crippen LogP contribution in [0.15, 0.2) is 23.5 Å². The maximum absolute atomic E-state index is 12.1. The first-order valence-electron chi connectivity index (χ1n) is 7.34. The van der Waals surface area contributed by atoms with Crippen LogP contribution in [0.5, 0.6) is 0 Å². The summed E-state index contributed by atoms with van der Waals surface area (Å²) in [7, 11) is 0. The van der Waals surface area contributed by atoms with Gasteiger partial charge < -0.3 is 14.5 Å². The molecule has 1 aromatic rings. The van der Waals surface area contributed by atoms with E-state index in [9.17, 15) is 9.70 Å². The number of nitrogens with zero attached hydrogens (tertiary/aromatic N) is 4. The van der Waals surface area contributed by atoms with Crippen LogP contribution in [0.25, 0.3) is 0 Å². The van der Waals surface area contributed by atoms with E-state index in [2.05, 4.69) is 15.1 Å². The third-order valence-corrected chi connectivity index (χ3v) is 3.44.